The molecule has 9 heteroatoms. The van der Waals surface area contributed by atoms with E-state index in [9.17, 15) is 9.59 Å². The van der Waals surface area contributed by atoms with E-state index < -0.39 is 6.04 Å². The molecule has 3 rings (SSSR count). The number of nitrogens with zero attached hydrogens (tertiary/aromatic N) is 1. The van der Waals surface area contributed by atoms with Crippen LogP contribution in [0.1, 0.15) is 35.1 Å². The number of carbonyl (C=O) groups is 2. The highest BCUT2D eigenvalue weighted by Crippen LogP contribution is 2.44. The van der Waals surface area contributed by atoms with Gasteiger partial charge in [-0.25, -0.2) is 0 Å². The molecule has 2 atom stereocenters. The van der Waals surface area contributed by atoms with E-state index in [-0.39, 0.29) is 23.2 Å². The lowest BCUT2D eigenvalue weighted by Gasteiger charge is -2.29. The predicted octanol–water partition coefficient (Wildman–Crippen LogP) is 3.09. The fourth-order valence-electron chi connectivity index (χ4n) is 3.36. The Bertz CT molecular complexity index is 874. The van der Waals surface area contributed by atoms with Crippen LogP contribution in [-0.4, -0.2) is 55.9 Å². The number of hydrogen-bond donors (Lipinski definition) is 1. The topological polar surface area (TPSA) is 90.2 Å². The zero-order chi connectivity index (χ0) is 21.8. The van der Waals surface area contributed by atoms with Crippen molar-refractivity contribution in [1.82, 2.24) is 10.2 Å². The van der Waals surface area contributed by atoms with E-state index in [1.807, 2.05) is 13.8 Å². The Balaban J connectivity index is 2.03. The van der Waals surface area contributed by atoms with Crippen molar-refractivity contribution in [3.63, 3.8) is 0 Å². The summed E-state index contributed by atoms with van der Waals surface area (Å²) in [7, 11) is 4.48. The molecule has 0 spiro atoms. The fourth-order valence-corrected chi connectivity index (χ4v) is 4.77. The molecular formula is C21H26N2O6S. The number of benzene rings is 1. The molecule has 162 valence electrons. The third-order valence-electron chi connectivity index (χ3n) is 4.71. The van der Waals surface area contributed by atoms with Gasteiger partial charge in [-0.05, 0) is 32.0 Å². The number of furan rings is 1. The minimum absolute atomic E-state index is 0.0337. The summed E-state index contributed by atoms with van der Waals surface area (Å²) in [5, 5.41) is 2.56. The maximum absolute atomic E-state index is 13.6. The summed E-state index contributed by atoms with van der Waals surface area (Å²) < 4.78 is 21.3. The molecule has 2 aromatic rings. The molecule has 0 aliphatic carbocycles. The molecule has 1 aromatic heterocycles. The molecule has 1 aliphatic heterocycles. The number of nitrogens with one attached hydrogen (secondary N) is 1. The average Bonchev–Trinajstić information content (AvgIpc) is 3.40. The Morgan fingerprint density at radius 3 is 2.33 bits per heavy atom. The van der Waals surface area contributed by atoms with Crippen molar-refractivity contribution >= 4 is 23.6 Å². The summed E-state index contributed by atoms with van der Waals surface area (Å²) in [6.45, 7) is 3.78. The molecule has 1 fully saturated rings. The molecule has 1 N–H and O–H groups in total. The number of hydrogen-bond acceptors (Lipinski definition) is 7. The minimum Gasteiger partial charge on any atom is -0.493 e. The van der Waals surface area contributed by atoms with E-state index in [2.05, 4.69) is 5.32 Å². The normalized spacial score (nSPS) is 18.4. The number of ether oxygens (including phenoxy) is 3. The molecule has 2 amide bonds. The van der Waals surface area contributed by atoms with Crippen molar-refractivity contribution in [3.05, 3.63) is 41.9 Å². The Morgan fingerprint density at radius 1 is 1.17 bits per heavy atom. The molecule has 1 aliphatic rings. The van der Waals surface area contributed by atoms with Crippen LogP contribution in [0.3, 0.4) is 0 Å². The number of thioether (sulfide) groups is 1. The van der Waals surface area contributed by atoms with Crippen LogP contribution >= 0.6 is 11.8 Å². The Morgan fingerprint density at radius 2 is 1.83 bits per heavy atom. The van der Waals surface area contributed by atoms with E-state index in [4.69, 9.17) is 18.6 Å². The number of carbonyl (C=O) groups excluding carboxylic acids is 2. The second-order valence-electron chi connectivity index (χ2n) is 7.05. The summed E-state index contributed by atoms with van der Waals surface area (Å²) in [5.74, 6) is 1.11. The van der Waals surface area contributed by atoms with E-state index in [0.29, 0.717) is 28.6 Å². The highest BCUT2D eigenvalue weighted by atomic mass is 32.2. The summed E-state index contributed by atoms with van der Waals surface area (Å²) >= 11 is 1.52. The standard InChI is InChI=1S/C21H26N2O6S/c1-12(2)22-19(24)15-11-30-21(13-6-7-29-10-13)23(15)20(25)14-8-16(26-3)18(28-5)17(9-14)27-4/h6-10,12,15,21H,11H2,1-5H3,(H,22,24). The van der Waals surface area contributed by atoms with Crippen LogP contribution in [0.15, 0.2) is 35.1 Å². The SMILES string of the molecule is COc1cc(C(=O)N2C(C(=O)NC(C)C)CSC2c2ccoc2)cc(OC)c1OC. The lowest BCUT2D eigenvalue weighted by Crippen LogP contribution is -2.49. The van der Waals surface area contributed by atoms with Crippen molar-refractivity contribution < 1.29 is 28.2 Å². The third kappa shape index (κ3) is 4.21. The van der Waals surface area contributed by atoms with Gasteiger partial charge in [0.25, 0.3) is 5.91 Å². The van der Waals surface area contributed by atoms with Crippen LogP contribution in [0.2, 0.25) is 0 Å². The molecular weight excluding hydrogens is 408 g/mol. The average molecular weight is 435 g/mol. The first-order chi connectivity index (χ1) is 14.4. The molecule has 0 bridgehead atoms. The Hall–Kier alpha value is -2.81. The largest absolute Gasteiger partial charge is 0.493 e. The maximum atomic E-state index is 13.6. The molecule has 2 unspecified atom stereocenters. The van der Waals surface area contributed by atoms with Gasteiger partial charge in [-0.15, -0.1) is 11.8 Å². The van der Waals surface area contributed by atoms with Crippen molar-refractivity contribution in [2.24, 2.45) is 0 Å². The lowest BCUT2D eigenvalue weighted by atomic mass is 10.1. The van der Waals surface area contributed by atoms with Gasteiger partial charge in [0.05, 0.1) is 33.9 Å². The second kappa shape index (κ2) is 9.34. The van der Waals surface area contributed by atoms with Gasteiger partial charge in [-0.3, -0.25) is 9.59 Å². The first kappa shape index (κ1) is 21.9. The summed E-state index contributed by atoms with van der Waals surface area (Å²) in [4.78, 5) is 28.1. The van der Waals surface area contributed by atoms with Crippen LogP contribution < -0.4 is 19.5 Å². The van der Waals surface area contributed by atoms with Crippen molar-refractivity contribution in [1.29, 1.82) is 0 Å². The van der Waals surface area contributed by atoms with Crippen LogP contribution in [0.4, 0.5) is 0 Å². The van der Waals surface area contributed by atoms with Crippen LogP contribution in [-0.2, 0) is 4.79 Å². The number of amides is 2. The number of methoxy groups -OCH3 is 3. The van der Waals surface area contributed by atoms with Gasteiger partial charge in [0.15, 0.2) is 11.5 Å². The highest BCUT2D eigenvalue weighted by molar-refractivity contribution is 7.99. The summed E-state index contributed by atoms with van der Waals surface area (Å²) in [6.07, 6.45) is 3.15. The van der Waals surface area contributed by atoms with Crippen molar-refractivity contribution in [2.75, 3.05) is 27.1 Å². The smallest absolute Gasteiger partial charge is 0.256 e. The first-order valence-electron chi connectivity index (χ1n) is 9.48. The van der Waals surface area contributed by atoms with Gasteiger partial charge in [0.2, 0.25) is 11.7 Å². The summed E-state index contributed by atoms with van der Waals surface area (Å²) in [6, 6.07) is 4.33. The minimum atomic E-state index is -0.621. The molecule has 0 saturated carbocycles. The van der Waals surface area contributed by atoms with Gasteiger partial charge in [-0.2, -0.15) is 0 Å². The fraction of sp³-hybridized carbons (Fsp3) is 0.429. The van der Waals surface area contributed by atoms with Crippen molar-refractivity contribution in [2.45, 2.75) is 31.3 Å². The van der Waals surface area contributed by atoms with Gasteiger partial charge in [0, 0.05) is 22.9 Å². The zero-order valence-electron chi connectivity index (χ0n) is 17.6. The van der Waals surface area contributed by atoms with E-state index in [0.717, 1.165) is 5.56 Å². The quantitative estimate of drug-likeness (QED) is 0.716. The zero-order valence-corrected chi connectivity index (χ0v) is 18.4. The molecule has 1 saturated heterocycles. The third-order valence-corrected chi connectivity index (χ3v) is 6.03. The van der Waals surface area contributed by atoms with Crippen LogP contribution in [0.5, 0.6) is 17.2 Å². The van der Waals surface area contributed by atoms with Crippen LogP contribution in [0.25, 0.3) is 0 Å². The molecule has 8 nitrogen and oxygen atoms in total. The monoisotopic (exact) mass is 434 g/mol. The van der Waals surface area contributed by atoms with Gasteiger partial charge < -0.3 is 28.8 Å². The maximum Gasteiger partial charge on any atom is 0.256 e. The Kier molecular flexibility index (Phi) is 6.81. The van der Waals surface area contributed by atoms with Crippen molar-refractivity contribution in [3.8, 4) is 17.2 Å². The molecule has 2 heterocycles. The summed E-state index contributed by atoms with van der Waals surface area (Å²) in [5.41, 5.74) is 1.16. The lowest BCUT2D eigenvalue weighted by molar-refractivity contribution is -0.125. The van der Waals surface area contributed by atoms with Gasteiger partial charge in [-0.1, -0.05) is 0 Å². The van der Waals surface area contributed by atoms with E-state index >= 15 is 0 Å². The van der Waals surface area contributed by atoms with Crippen LogP contribution in [0, 0.1) is 0 Å². The Labute approximate surface area is 179 Å². The molecule has 1 aromatic carbocycles. The first-order valence-corrected chi connectivity index (χ1v) is 10.5. The van der Waals surface area contributed by atoms with E-state index in [1.165, 1.54) is 33.1 Å². The second-order valence-corrected chi connectivity index (χ2v) is 8.16. The molecule has 0 radical (unpaired) electrons. The van der Waals surface area contributed by atoms with E-state index in [1.54, 1.807) is 35.6 Å². The van der Waals surface area contributed by atoms with Gasteiger partial charge in [0.1, 0.15) is 11.4 Å². The number of rotatable bonds is 7. The molecule has 30 heavy (non-hydrogen) atoms. The van der Waals surface area contributed by atoms with Gasteiger partial charge >= 0.3 is 0 Å². The highest BCUT2D eigenvalue weighted by Gasteiger charge is 2.43. The predicted molar refractivity (Wildman–Crippen MR) is 113 cm³/mol.